The number of aliphatic carboxylic acids is 1. The number of alkyl halides is 3. The van der Waals surface area contributed by atoms with Gasteiger partial charge in [0.25, 0.3) is 5.91 Å². The van der Waals surface area contributed by atoms with Crippen LogP contribution < -0.4 is 15.4 Å². The van der Waals surface area contributed by atoms with Crippen LogP contribution in [0.2, 0.25) is 0 Å². The maximum absolute atomic E-state index is 12.5. The highest BCUT2D eigenvalue weighted by molar-refractivity contribution is 6.04. The fourth-order valence-electron chi connectivity index (χ4n) is 2.77. The van der Waals surface area contributed by atoms with Gasteiger partial charge in [-0.05, 0) is 36.8 Å². The molecule has 2 aromatic carbocycles. The molecule has 0 spiro atoms. The maximum atomic E-state index is 12.5. The summed E-state index contributed by atoms with van der Waals surface area (Å²) in [5, 5.41) is 13.3. The second-order valence-corrected chi connectivity index (χ2v) is 6.73. The molecule has 0 aliphatic carbocycles. The van der Waals surface area contributed by atoms with Gasteiger partial charge in [-0.3, -0.25) is 9.59 Å². The number of carboxylic acids is 1. The Kier molecular flexibility index (Phi) is 9.22. The van der Waals surface area contributed by atoms with Crippen LogP contribution in [0.1, 0.15) is 22.8 Å². The van der Waals surface area contributed by atoms with E-state index in [1.54, 1.807) is 36.5 Å². The normalized spacial score (nSPS) is 12.0. The van der Waals surface area contributed by atoms with Gasteiger partial charge >= 0.3 is 18.1 Å². The Morgan fingerprint density at radius 2 is 1.73 bits per heavy atom. The van der Waals surface area contributed by atoms with E-state index in [2.05, 4.69) is 5.32 Å². The smallest absolute Gasteiger partial charge is 0.471 e. The van der Waals surface area contributed by atoms with Crippen molar-refractivity contribution in [3.05, 3.63) is 59.7 Å². The Labute approximate surface area is 187 Å². The highest BCUT2D eigenvalue weighted by Gasteiger charge is 2.39. The summed E-state index contributed by atoms with van der Waals surface area (Å²) in [6.07, 6.45) is -5.82. The van der Waals surface area contributed by atoms with Gasteiger partial charge in [-0.2, -0.15) is 13.2 Å². The zero-order valence-corrected chi connectivity index (χ0v) is 17.6. The van der Waals surface area contributed by atoms with Crippen LogP contribution in [0.3, 0.4) is 0 Å². The number of rotatable bonds is 11. The molecule has 2 rings (SSSR count). The van der Waals surface area contributed by atoms with Crippen LogP contribution in [-0.4, -0.2) is 54.9 Å². The standard InChI is InChI=1S/C22H23F3N2O6/c1-2-32-18(20(29)30)13-14-7-9-15(10-8-14)33-12-11-26-19(28)16-5-3-4-6-17(16)27-21(31)22(23,24)25/h3-10,18H,2,11-13H2,1H3,(H,26,28)(H,27,31)(H,29,30). The number of ether oxygens (including phenoxy) is 2. The molecule has 0 saturated heterocycles. The fourth-order valence-corrected chi connectivity index (χ4v) is 2.77. The molecule has 8 nitrogen and oxygen atoms in total. The molecule has 0 radical (unpaired) electrons. The molecule has 178 valence electrons. The van der Waals surface area contributed by atoms with Gasteiger partial charge in [0.05, 0.1) is 17.8 Å². The number of anilines is 1. The molecule has 0 bridgehead atoms. The molecule has 0 aliphatic heterocycles. The van der Waals surface area contributed by atoms with Crippen LogP contribution in [-0.2, 0) is 20.7 Å². The lowest BCUT2D eigenvalue weighted by atomic mass is 10.1. The second kappa shape index (κ2) is 11.9. The van der Waals surface area contributed by atoms with E-state index in [9.17, 15) is 27.6 Å². The summed E-state index contributed by atoms with van der Waals surface area (Å²) in [5.41, 5.74) is 0.358. The summed E-state index contributed by atoms with van der Waals surface area (Å²) in [5.74, 6) is -3.42. The van der Waals surface area contributed by atoms with Crippen molar-refractivity contribution < 1.29 is 42.1 Å². The molecule has 1 unspecified atom stereocenters. The Hall–Kier alpha value is -3.60. The Morgan fingerprint density at radius 1 is 1.06 bits per heavy atom. The number of amides is 2. The summed E-state index contributed by atoms with van der Waals surface area (Å²) in [4.78, 5) is 34.6. The Morgan fingerprint density at radius 3 is 2.33 bits per heavy atom. The van der Waals surface area contributed by atoms with E-state index in [0.29, 0.717) is 5.75 Å². The first-order valence-corrected chi connectivity index (χ1v) is 9.93. The lowest BCUT2D eigenvalue weighted by molar-refractivity contribution is -0.167. The van der Waals surface area contributed by atoms with Crippen molar-refractivity contribution in [3.8, 4) is 5.75 Å². The van der Waals surface area contributed by atoms with Crippen LogP contribution in [0.5, 0.6) is 5.75 Å². The maximum Gasteiger partial charge on any atom is 0.471 e. The third-order valence-corrected chi connectivity index (χ3v) is 4.32. The Bertz CT molecular complexity index is 963. The first kappa shape index (κ1) is 25.7. The predicted octanol–water partition coefficient (Wildman–Crippen LogP) is 3.03. The molecular weight excluding hydrogens is 445 g/mol. The number of benzene rings is 2. The van der Waals surface area contributed by atoms with E-state index in [-0.39, 0.29) is 37.4 Å². The quantitative estimate of drug-likeness (QED) is 0.437. The van der Waals surface area contributed by atoms with E-state index >= 15 is 0 Å². The molecule has 3 N–H and O–H groups in total. The SMILES string of the molecule is CCOC(Cc1ccc(OCCNC(=O)c2ccccc2NC(=O)C(F)(F)F)cc1)C(=O)O. The molecule has 0 aromatic heterocycles. The highest BCUT2D eigenvalue weighted by Crippen LogP contribution is 2.21. The van der Waals surface area contributed by atoms with Crippen molar-refractivity contribution in [2.75, 3.05) is 25.1 Å². The number of carboxylic acid groups (broad SMARTS) is 1. The monoisotopic (exact) mass is 468 g/mol. The minimum atomic E-state index is -5.08. The fraction of sp³-hybridized carbons (Fsp3) is 0.318. The third-order valence-electron chi connectivity index (χ3n) is 4.32. The number of hydrogen-bond donors (Lipinski definition) is 3. The summed E-state index contributed by atoms with van der Waals surface area (Å²) < 4.78 is 48.1. The number of hydrogen-bond acceptors (Lipinski definition) is 5. The summed E-state index contributed by atoms with van der Waals surface area (Å²) in [6, 6.07) is 12.0. The topological polar surface area (TPSA) is 114 Å². The lowest BCUT2D eigenvalue weighted by Crippen LogP contribution is -2.32. The largest absolute Gasteiger partial charge is 0.492 e. The number of halogens is 3. The number of para-hydroxylation sites is 1. The summed E-state index contributed by atoms with van der Waals surface area (Å²) in [7, 11) is 0. The molecular formula is C22H23F3N2O6. The zero-order valence-electron chi connectivity index (χ0n) is 17.6. The second-order valence-electron chi connectivity index (χ2n) is 6.73. The van der Waals surface area contributed by atoms with Crippen LogP contribution in [0.15, 0.2) is 48.5 Å². The van der Waals surface area contributed by atoms with Crippen molar-refractivity contribution in [2.45, 2.75) is 25.6 Å². The van der Waals surface area contributed by atoms with Gasteiger partial charge in [-0.15, -0.1) is 0 Å². The number of nitrogens with one attached hydrogen (secondary N) is 2. The predicted molar refractivity (Wildman–Crippen MR) is 112 cm³/mol. The van der Waals surface area contributed by atoms with E-state index in [1.807, 2.05) is 0 Å². The van der Waals surface area contributed by atoms with E-state index in [4.69, 9.17) is 14.6 Å². The lowest BCUT2D eigenvalue weighted by Gasteiger charge is -2.13. The van der Waals surface area contributed by atoms with Gasteiger partial charge in [0.2, 0.25) is 0 Å². The van der Waals surface area contributed by atoms with Crippen molar-refractivity contribution in [1.29, 1.82) is 0 Å². The summed E-state index contributed by atoms with van der Waals surface area (Å²) in [6.45, 7) is 2.11. The Balaban J connectivity index is 1.85. The average Bonchev–Trinajstić information content (AvgIpc) is 2.77. The molecule has 33 heavy (non-hydrogen) atoms. The van der Waals surface area contributed by atoms with E-state index < -0.39 is 30.1 Å². The van der Waals surface area contributed by atoms with Gasteiger partial charge in [-0.1, -0.05) is 24.3 Å². The van der Waals surface area contributed by atoms with Gasteiger partial charge < -0.3 is 25.2 Å². The molecule has 0 aliphatic rings. The third kappa shape index (κ3) is 8.11. The molecule has 0 heterocycles. The van der Waals surface area contributed by atoms with E-state index in [0.717, 1.165) is 5.56 Å². The van der Waals surface area contributed by atoms with Crippen LogP contribution in [0, 0.1) is 0 Å². The molecule has 0 fully saturated rings. The molecule has 0 saturated carbocycles. The van der Waals surface area contributed by atoms with Gasteiger partial charge in [0.1, 0.15) is 12.4 Å². The van der Waals surface area contributed by atoms with Crippen molar-refractivity contribution in [3.63, 3.8) is 0 Å². The number of carbonyl (C=O) groups excluding carboxylic acids is 2. The van der Waals surface area contributed by atoms with Crippen molar-refractivity contribution in [2.24, 2.45) is 0 Å². The van der Waals surface area contributed by atoms with Gasteiger partial charge in [0, 0.05) is 13.0 Å². The molecule has 2 aromatic rings. The molecule has 2 amide bonds. The van der Waals surface area contributed by atoms with Crippen LogP contribution in [0.25, 0.3) is 0 Å². The van der Waals surface area contributed by atoms with Gasteiger partial charge in [-0.25, -0.2) is 4.79 Å². The first-order valence-electron chi connectivity index (χ1n) is 9.93. The average molecular weight is 468 g/mol. The molecule has 11 heteroatoms. The van der Waals surface area contributed by atoms with E-state index in [1.165, 1.54) is 24.3 Å². The molecule has 1 atom stereocenters. The summed E-state index contributed by atoms with van der Waals surface area (Å²) >= 11 is 0. The van der Waals surface area contributed by atoms with Crippen molar-refractivity contribution in [1.82, 2.24) is 5.32 Å². The highest BCUT2D eigenvalue weighted by atomic mass is 19.4. The van der Waals surface area contributed by atoms with Crippen LogP contribution >= 0.6 is 0 Å². The van der Waals surface area contributed by atoms with Crippen molar-refractivity contribution >= 4 is 23.5 Å². The minimum absolute atomic E-state index is 0.0492. The first-order chi connectivity index (χ1) is 15.6. The zero-order chi connectivity index (χ0) is 24.4. The number of carbonyl (C=O) groups is 3. The minimum Gasteiger partial charge on any atom is -0.492 e. The van der Waals surface area contributed by atoms with Crippen LogP contribution in [0.4, 0.5) is 18.9 Å². The van der Waals surface area contributed by atoms with Gasteiger partial charge in [0.15, 0.2) is 6.10 Å².